The molecule has 1 amide bonds. The van der Waals surface area contributed by atoms with Crippen LogP contribution in [0.1, 0.15) is 42.5 Å². The number of amides is 1. The predicted octanol–water partition coefficient (Wildman–Crippen LogP) is 3.81. The fourth-order valence-corrected chi connectivity index (χ4v) is 6.27. The van der Waals surface area contributed by atoms with Crippen LogP contribution in [0.2, 0.25) is 0 Å². The monoisotopic (exact) mass is 566 g/mol. The Morgan fingerprint density at radius 3 is 2.13 bits per heavy atom. The zero-order chi connectivity index (χ0) is 28.3. The van der Waals surface area contributed by atoms with Crippen molar-refractivity contribution in [1.29, 1.82) is 0 Å². The summed E-state index contributed by atoms with van der Waals surface area (Å²) in [6.45, 7) is 2.36. The molecule has 0 radical (unpaired) electrons. The van der Waals surface area contributed by atoms with Crippen LogP contribution >= 0.6 is 0 Å². The Balaban J connectivity index is 1.56. The molecule has 0 aromatic heterocycles. The standard InChI is InChI=1S/C24H24F6N2O5S/c1-2-32-12-14-11-17(38(36,37)13-21(34)9-10-21)7-8-18(14)19(32)20(33)31-16-5-3-15(4-6-16)22(35,23(25,26)27)24(28,29)30/h3-8,11,19,34-35H,2,9-10,12-13H2,1H3,(H,31,33). The lowest BCUT2D eigenvalue weighted by atomic mass is 9.92. The van der Waals surface area contributed by atoms with Gasteiger partial charge in [0.1, 0.15) is 6.04 Å². The van der Waals surface area contributed by atoms with Crippen LogP contribution in [0.3, 0.4) is 0 Å². The van der Waals surface area contributed by atoms with Crippen molar-refractivity contribution in [3.63, 3.8) is 0 Å². The van der Waals surface area contributed by atoms with Crippen LogP contribution in [-0.2, 0) is 26.8 Å². The number of aliphatic hydroxyl groups is 2. The Labute approximate surface area is 214 Å². The third-order valence-corrected chi connectivity index (χ3v) is 8.73. The second-order valence-corrected chi connectivity index (χ2v) is 11.6. The van der Waals surface area contributed by atoms with Crippen molar-refractivity contribution in [1.82, 2.24) is 4.90 Å². The lowest BCUT2D eigenvalue weighted by Crippen LogP contribution is -2.53. The maximum Gasteiger partial charge on any atom is 0.430 e. The van der Waals surface area contributed by atoms with Gasteiger partial charge in [-0.3, -0.25) is 9.69 Å². The van der Waals surface area contributed by atoms with E-state index >= 15 is 0 Å². The number of carbonyl (C=O) groups excluding carboxylic acids is 1. The highest BCUT2D eigenvalue weighted by atomic mass is 32.2. The molecule has 1 aliphatic heterocycles. The topological polar surface area (TPSA) is 107 Å². The maximum absolute atomic E-state index is 13.1. The number of halogens is 6. The van der Waals surface area contributed by atoms with Crippen molar-refractivity contribution in [2.75, 3.05) is 17.6 Å². The second-order valence-electron chi connectivity index (χ2n) is 9.58. The Kier molecular flexibility index (Phi) is 6.87. The molecule has 0 spiro atoms. The predicted molar refractivity (Wildman–Crippen MR) is 123 cm³/mol. The van der Waals surface area contributed by atoms with Crippen molar-refractivity contribution in [2.24, 2.45) is 0 Å². The average Bonchev–Trinajstić information content (AvgIpc) is 3.39. The first-order valence-corrected chi connectivity index (χ1v) is 13.2. The van der Waals surface area contributed by atoms with Gasteiger partial charge in [-0.15, -0.1) is 0 Å². The molecule has 0 saturated heterocycles. The molecule has 1 atom stereocenters. The SMILES string of the molecule is CCN1Cc2cc(S(=O)(=O)CC3(O)CC3)ccc2C1C(=O)Nc1ccc(C(O)(C(F)(F)F)C(F)(F)F)cc1. The number of nitrogens with one attached hydrogen (secondary N) is 1. The van der Waals surface area contributed by atoms with Crippen LogP contribution < -0.4 is 5.32 Å². The molecular formula is C24H24F6N2O5S. The molecule has 1 heterocycles. The summed E-state index contributed by atoms with van der Waals surface area (Å²) in [5.74, 6) is -1.04. The number of benzene rings is 2. The minimum Gasteiger partial charge on any atom is -0.389 e. The summed E-state index contributed by atoms with van der Waals surface area (Å²) in [4.78, 5) is 14.8. The molecule has 4 rings (SSSR count). The number of likely N-dealkylation sites (N-methyl/N-ethyl adjacent to an activating group) is 1. The fourth-order valence-electron chi connectivity index (χ4n) is 4.51. The van der Waals surface area contributed by atoms with E-state index in [9.17, 15) is 49.8 Å². The molecule has 2 aliphatic rings. The van der Waals surface area contributed by atoms with Crippen molar-refractivity contribution in [2.45, 2.75) is 60.8 Å². The van der Waals surface area contributed by atoms with E-state index < -0.39 is 56.7 Å². The Morgan fingerprint density at radius 1 is 1.05 bits per heavy atom. The second kappa shape index (κ2) is 9.21. The van der Waals surface area contributed by atoms with Crippen molar-refractivity contribution in [3.8, 4) is 0 Å². The van der Waals surface area contributed by atoms with Crippen LogP contribution in [0, 0.1) is 0 Å². The zero-order valence-electron chi connectivity index (χ0n) is 19.9. The van der Waals surface area contributed by atoms with Gasteiger partial charge in [0.25, 0.3) is 5.60 Å². The van der Waals surface area contributed by atoms with E-state index in [0.29, 0.717) is 42.6 Å². The first-order chi connectivity index (χ1) is 17.4. The van der Waals surface area contributed by atoms with Gasteiger partial charge in [0, 0.05) is 17.8 Å². The first kappa shape index (κ1) is 28.3. The summed E-state index contributed by atoms with van der Waals surface area (Å²) in [7, 11) is -3.77. The molecule has 1 aliphatic carbocycles. The van der Waals surface area contributed by atoms with Gasteiger partial charge in [-0.2, -0.15) is 26.3 Å². The molecule has 14 heteroatoms. The van der Waals surface area contributed by atoms with E-state index in [-0.39, 0.29) is 17.1 Å². The Hall–Kier alpha value is -2.68. The lowest BCUT2D eigenvalue weighted by molar-refractivity contribution is -0.376. The molecule has 1 saturated carbocycles. The van der Waals surface area contributed by atoms with Gasteiger partial charge < -0.3 is 15.5 Å². The van der Waals surface area contributed by atoms with Gasteiger partial charge in [0.2, 0.25) is 5.91 Å². The number of fused-ring (bicyclic) bond motifs is 1. The lowest BCUT2D eigenvalue weighted by Gasteiger charge is -2.32. The third kappa shape index (κ3) is 5.01. The Bertz CT molecular complexity index is 1320. The summed E-state index contributed by atoms with van der Waals surface area (Å²) in [6.07, 6.45) is -11.3. The maximum atomic E-state index is 13.1. The molecule has 2 aromatic carbocycles. The van der Waals surface area contributed by atoms with E-state index in [4.69, 9.17) is 0 Å². The average molecular weight is 567 g/mol. The summed E-state index contributed by atoms with van der Waals surface area (Å²) < 4.78 is 104. The van der Waals surface area contributed by atoms with E-state index in [2.05, 4.69) is 5.32 Å². The molecule has 1 unspecified atom stereocenters. The van der Waals surface area contributed by atoms with Gasteiger partial charge in [-0.25, -0.2) is 8.42 Å². The van der Waals surface area contributed by atoms with Crippen LogP contribution in [0.15, 0.2) is 47.4 Å². The molecule has 38 heavy (non-hydrogen) atoms. The minimum absolute atomic E-state index is 0.00564. The molecule has 2 aromatic rings. The molecule has 3 N–H and O–H groups in total. The third-order valence-electron chi connectivity index (χ3n) is 6.84. The molecule has 7 nitrogen and oxygen atoms in total. The summed E-state index contributed by atoms with van der Waals surface area (Å²) in [6, 6.07) is 5.86. The molecule has 1 fully saturated rings. The number of sulfone groups is 1. The molecule has 0 bridgehead atoms. The van der Waals surface area contributed by atoms with Crippen LogP contribution in [0.25, 0.3) is 0 Å². The van der Waals surface area contributed by atoms with Gasteiger partial charge in [-0.1, -0.05) is 25.1 Å². The van der Waals surface area contributed by atoms with Gasteiger partial charge in [-0.05, 0) is 54.8 Å². The van der Waals surface area contributed by atoms with Gasteiger partial charge in [0.15, 0.2) is 9.84 Å². The number of hydrogen-bond donors (Lipinski definition) is 3. The van der Waals surface area contributed by atoms with Crippen molar-refractivity contribution < 1.29 is 49.8 Å². The molecule has 208 valence electrons. The number of nitrogens with zero attached hydrogens (tertiary/aromatic N) is 1. The number of hydrogen-bond acceptors (Lipinski definition) is 6. The normalized spacial score (nSPS) is 19.8. The van der Waals surface area contributed by atoms with E-state index in [1.807, 2.05) is 0 Å². The number of alkyl halides is 6. The van der Waals surface area contributed by atoms with E-state index in [1.165, 1.54) is 18.2 Å². The number of rotatable bonds is 7. The van der Waals surface area contributed by atoms with Crippen molar-refractivity contribution >= 4 is 21.4 Å². The van der Waals surface area contributed by atoms with Gasteiger partial charge >= 0.3 is 12.4 Å². The summed E-state index contributed by atoms with van der Waals surface area (Å²) in [5, 5.41) is 22.0. The minimum atomic E-state index is -6.03. The quantitative estimate of drug-likeness (QED) is 0.440. The highest BCUT2D eigenvalue weighted by molar-refractivity contribution is 7.91. The Morgan fingerprint density at radius 2 is 1.63 bits per heavy atom. The fraction of sp³-hybridized carbons (Fsp3) is 0.458. The van der Waals surface area contributed by atoms with Crippen LogP contribution in [-0.4, -0.2) is 59.7 Å². The van der Waals surface area contributed by atoms with Crippen LogP contribution in [0.4, 0.5) is 32.0 Å². The molecular weight excluding hydrogens is 542 g/mol. The van der Waals surface area contributed by atoms with E-state index in [0.717, 1.165) is 12.1 Å². The highest BCUT2D eigenvalue weighted by Crippen LogP contribution is 2.50. The van der Waals surface area contributed by atoms with Gasteiger partial charge in [0.05, 0.1) is 16.2 Å². The highest BCUT2D eigenvalue weighted by Gasteiger charge is 2.71. The summed E-state index contributed by atoms with van der Waals surface area (Å²) in [5.41, 5.74) is -6.81. The number of anilines is 1. The number of carbonyl (C=O) groups is 1. The van der Waals surface area contributed by atoms with E-state index in [1.54, 1.807) is 11.8 Å². The van der Waals surface area contributed by atoms with Crippen LogP contribution in [0.5, 0.6) is 0 Å². The first-order valence-electron chi connectivity index (χ1n) is 11.5. The zero-order valence-corrected chi connectivity index (χ0v) is 20.7. The van der Waals surface area contributed by atoms with Crippen molar-refractivity contribution in [3.05, 3.63) is 59.2 Å². The largest absolute Gasteiger partial charge is 0.430 e. The summed E-state index contributed by atoms with van der Waals surface area (Å²) >= 11 is 0. The smallest absolute Gasteiger partial charge is 0.389 e.